The largest absolute Gasteiger partial charge is 0.490 e. The SMILES string of the molecule is Cc1cc(C(C)Nc2ccccc2C(=O)NS(=O)(=O)C(F)F)c2oc(N3Cc4ccccc4C3)cc(=O)c2c1.O=C(O)C(F)(F)F. The van der Waals surface area contributed by atoms with Gasteiger partial charge in [0.25, 0.3) is 15.9 Å². The average molecular weight is 668 g/mol. The third kappa shape index (κ3) is 7.62. The highest BCUT2D eigenvalue weighted by molar-refractivity contribution is 7.90. The summed E-state index contributed by atoms with van der Waals surface area (Å²) < 4.78 is 88.2. The normalized spacial score (nSPS) is 13.5. The first-order valence-electron chi connectivity index (χ1n) is 13.4. The van der Waals surface area contributed by atoms with E-state index in [9.17, 15) is 40.0 Å². The van der Waals surface area contributed by atoms with Crippen LogP contribution in [0.15, 0.2) is 75.9 Å². The summed E-state index contributed by atoms with van der Waals surface area (Å²) in [6.45, 7) is 4.83. The molecule has 0 bridgehead atoms. The number of sulfonamides is 1. The Morgan fingerprint density at radius 3 is 2.11 bits per heavy atom. The molecule has 2 heterocycles. The van der Waals surface area contributed by atoms with E-state index < -0.39 is 39.9 Å². The lowest BCUT2D eigenvalue weighted by Gasteiger charge is -2.21. The van der Waals surface area contributed by atoms with Gasteiger partial charge in [0.15, 0.2) is 5.43 Å². The quantitative estimate of drug-likeness (QED) is 0.211. The second-order valence-corrected chi connectivity index (χ2v) is 11.9. The highest BCUT2D eigenvalue weighted by Crippen LogP contribution is 2.33. The predicted octanol–water partition coefficient (Wildman–Crippen LogP) is 5.71. The van der Waals surface area contributed by atoms with E-state index >= 15 is 0 Å². The van der Waals surface area contributed by atoms with Crippen molar-refractivity contribution in [1.29, 1.82) is 0 Å². The Morgan fingerprint density at radius 2 is 1.54 bits per heavy atom. The minimum absolute atomic E-state index is 0.137. The highest BCUT2D eigenvalue weighted by atomic mass is 32.2. The van der Waals surface area contributed by atoms with Gasteiger partial charge in [-0.2, -0.15) is 22.0 Å². The summed E-state index contributed by atoms with van der Waals surface area (Å²) in [6.07, 6.45) is -5.08. The van der Waals surface area contributed by atoms with Gasteiger partial charge in [0.1, 0.15) is 5.58 Å². The fraction of sp³-hybridized carbons (Fsp3) is 0.233. The number of nitrogens with one attached hydrogen (secondary N) is 2. The average Bonchev–Trinajstić information content (AvgIpc) is 3.41. The van der Waals surface area contributed by atoms with Crippen LogP contribution in [-0.2, 0) is 27.9 Å². The topological polar surface area (TPSA) is 146 Å². The molecule has 0 radical (unpaired) electrons. The Hall–Kier alpha value is -4.99. The molecule has 3 aromatic carbocycles. The molecule has 1 aliphatic heterocycles. The number of aryl methyl sites for hydroxylation is 1. The van der Waals surface area contributed by atoms with Crippen molar-refractivity contribution in [1.82, 2.24) is 4.72 Å². The molecule has 1 aliphatic rings. The van der Waals surface area contributed by atoms with E-state index in [4.69, 9.17) is 14.3 Å². The van der Waals surface area contributed by atoms with Crippen LogP contribution in [0.1, 0.15) is 45.6 Å². The number of halogens is 5. The van der Waals surface area contributed by atoms with Crippen LogP contribution in [0.3, 0.4) is 0 Å². The van der Waals surface area contributed by atoms with Gasteiger partial charge in [0.05, 0.1) is 17.0 Å². The van der Waals surface area contributed by atoms with E-state index in [1.54, 1.807) is 19.1 Å². The van der Waals surface area contributed by atoms with Crippen molar-refractivity contribution in [2.75, 3.05) is 10.2 Å². The molecule has 4 aromatic rings. The van der Waals surface area contributed by atoms with E-state index in [2.05, 4.69) is 5.32 Å². The molecule has 1 unspecified atom stereocenters. The standard InChI is InChI=1S/C28H25F2N3O5S.C2HF3O2/c1-16-11-21(17(2)31-23-10-6-5-9-20(23)27(35)32-39(36,37)28(29)30)26-22(12-16)24(34)13-25(38-26)33-14-18-7-3-4-8-19(18)15-33;3-2(4,5)1(6)7/h3-13,17,28,31H,14-15H2,1-2H3,(H,32,35);(H,6,7). The molecular weight excluding hydrogens is 641 g/mol. The number of rotatable bonds is 7. The number of nitrogens with zero attached hydrogens (tertiary/aromatic N) is 1. The van der Waals surface area contributed by atoms with Crippen molar-refractivity contribution in [3.8, 4) is 0 Å². The molecule has 0 saturated carbocycles. The molecule has 0 aliphatic carbocycles. The number of amides is 1. The fourth-order valence-electron chi connectivity index (χ4n) is 4.74. The van der Waals surface area contributed by atoms with Crippen LogP contribution >= 0.6 is 0 Å². The van der Waals surface area contributed by atoms with E-state index in [0.29, 0.717) is 35.5 Å². The van der Waals surface area contributed by atoms with Crippen molar-refractivity contribution in [2.45, 2.75) is 44.9 Å². The molecule has 3 N–H and O–H groups in total. The van der Waals surface area contributed by atoms with Crippen LogP contribution in [0.4, 0.5) is 33.5 Å². The van der Waals surface area contributed by atoms with Crippen LogP contribution in [-0.4, -0.2) is 37.3 Å². The first-order valence-corrected chi connectivity index (χ1v) is 14.9. The zero-order chi connectivity index (χ0) is 34.0. The molecule has 5 rings (SSSR count). The van der Waals surface area contributed by atoms with E-state index in [1.807, 2.05) is 42.2 Å². The summed E-state index contributed by atoms with van der Waals surface area (Å²) in [7, 11) is -5.13. The van der Waals surface area contributed by atoms with Crippen molar-refractivity contribution < 1.29 is 49.5 Å². The summed E-state index contributed by atoms with van der Waals surface area (Å²) >= 11 is 0. The van der Waals surface area contributed by atoms with Gasteiger partial charge < -0.3 is 19.7 Å². The number of carbonyl (C=O) groups is 2. The van der Waals surface area contributed by atoms with Crippen molar-refractivity contribution in [3.05, 3.63) is 105 Å². The maximum Gasteiger partial charge on any atom is 0.490 e. The van der Waals surface area contributed by atoms with Gasteiger partial charge in [-0.15, -0.1) is 0 Å². The summed E-state index contributed by atoms with van der Waals surface area (Å²) in [4.78, 5) is 36.6. The van der Waals surface area contributed by atoms with Gasteiger partial charge in [-0.3, -0.25) is 9.59 Å². The molecular formula is C30H26F5N3O7S. The third-order valence-electron chi connectivity index (χ3n) is 6.86. The van der Waals surface area contributed by atoms with Gasteiger partial charge in [-0.1, -0.05) is 42.5 Å². The van der Waals surface area contributed by atoms with Gasteiger partial charge in [0, 0.05) is 30.4 Å². The van der Waals surface area contributed by atoms with Crippen LogP contribution in [0, 0.1) is 6.92 Å². The number of hydrogen-bond donors (Lipinski definition) is 3. The van der Waals surface area contributed by atoms with Gasteiger partial charge >= 0.3 is 17.9 Å². The van der Waals surface area contributed by atoms with Crippen LogP contribution in [0.25, 0.3) is 11.0 Å². The Bertz CT molecular complexity index is 1940. The summed E-state index contributed by atoms with van der Waals surface area (Å²) in [5, 5.41) is 10.7. The lowest BCUT2D eigenvalue weighted by atomic mass is 10.0. The second kappa shape index (κ2) is 13.2. The maximum atomic E-state index is 13.2. The number of para-hydroxylation sites is 1. The van der Waals surface area contributed by atoms with E-state index in [0.717, 1.165) is 16.7 Å². The molecule has 0 spiro atoms. The van der Waals surface area contributed by atoms with Gasteiger partial charge in [-0.25, -0.2) is 17.9 Å². The monoisotopic (exact) mass is 667 g/mol. The lowest BCUT2D eigenvalue weighted by molar-refractivity contribution is -0.192. The number of fused-ring (bicyclic) bond motifs is 2. The van der Waals surface area contributed by atoms with Crippen molar-refractivity contribution in [3.63, 3.8) is 0 Å². The number of anilines is 2. The predicted molar refractivity (Wildman–Crippen MR) is 158 cm³/mol. The Kier molecular flexibility index (Phi) is 9.70. The molecule has 1 atom stereocenters. The molecule has 0 fully saturated rings. The number of carboxylic acid groups (broad SMARTS) is 1. The smallest absolute Gasteiger partial charge is 0.475 e. The molecule has 46 heavy (non-hydrogen) atoms. The number of carbonyl (C=O) groups excluding carboxylic acids is 1. The number of benzene rings is 3. The molecule has 1 aromatic heterocycles. The van der Waals surface area contributed by atoms with Crippen LogP contribution in [0.2, 0.25) is 0 Å². The van der Waals surface area contributed by atoms with Crippen LogP contribution < -0.4 is 20.4 Å². The first-order chi connectivity index (χ1) is 21.5. The fourth-order valence-corrected chi connectivity index (χ4v) is 5.19. The van der Waals surface area contributed by atoms with Crippen molar-refractivity contribution in [2.24, 2.45) is 0 Å². The summed E-state index contributed by atoms with van der Waals surface area (Å²) in [5.74, 6) is -7.27. The molecule has 0 saturated heterocycles. The second-order valence-electron chi connectivity index (χ2n) is 10.3. The molecule has 1 amide bonds. The summed E-state index contributed by atoms with van der Waals surface area (Å²) in [5.41, 5.74) is 4.02. The molecule has 10 nitrogen and oxygen atoms in total. The van der Waals surface area contributed by atoms with Gasteiger partial charge in [-0.05, 0) is 48.7 Å². The third-order valence-corrected chi connectivity index (χ3v) is 7.80. The number of carboxylic acids is 1. The first kappa shape index (κ1) is 33.9. The minimum atomic E-state index is -5.13. The number of hydrogen-bond acceptors (Lipinski definition) is 8. The highest BCUT2D eigenvalue weighted by Gasteiger charge is 2.38. The Morgan fingerprint density at radius 1 is 0.978 bits per heavy atom. The number of alkyl halides is 5. The molecule has 16 heteroatoms. The van der Waals surface area contributed by atoms with Crippen LogP contribution in [0.5, 0.6) is 0 Å². The van der Waals surface area contributed by atoms with Crippen molar-refractivity contribution >= 4 is 44.4 Å². The Balaban J connectivity index is 0.000000617. The maximum absolute atomic E-state index is 13.2. The zero-order valence-corrected chi connectivity index (χ0v) is 24.9. The number of aliphatic carboxylic acids is 1. The lowest BCUT2D eigenvalue weighted by Crippen LogP contribution is -2.35. The van der Waals surface area contributed by atoms with Gasteiger partial charge in [0.2, 0.25) is 5.88 Å². The van der Waals surface area contributed by atoms with E-state index in [1.165, 1.54) is 29.0 Å². The molecule has 244 valence electrons. The minimum Gasteiger partial charge on any atom is -0.475 e. The zero-order valence-electron chi connectivity index (χ0n) is 24.1. The Labute approximate surface area is 258 Å². The van der Waals surface area contributed by atoms with E-state index in [-0.39, 0.29) is 16.7 Å². The summed E-state index contributed by atoms with van der Waals surface area (Å²) in [6, 6.07) is 18.5.